The summed E-state index contributed by atoms with van der Waals surface area (Å²) in [5, 5.41) is 21.4. The van der Waals surface area contributed by atoms with Crippen LogP contribution in [0.25, 0.3) is 0 Å². The number of para-hydroxylation sites is 1. The molecule has 0 aliphatic rings. The minimum atomic E-state index is -0.388. The van der Waals surface area contributed by atoms with Crippen molar-refractivity contribution in [2.45, 2.75) is 20.0 Å². The molecule has 1 heterocycles. The molecule has 0 saturated heterocycles. The van der Waals surface area contributed by atoms with E-state index in [4.69, 9.17) is 0 Å². The summed E-state index contributed by atoms with van der Waals surface area (Å²) in [6, 6.07) is 8.54. The highest BCUT2D eigenvalue weighted by Crippen LogP contribution is 2.18. The number of aryl methyl sites for hydroxylation is 1. The first-order chi connectivity index (χ1) is 11.1. The van der Waals surface area contributed by atoms with Gasteiger partial charge in [-0.2, -0.15) is 5.10 Å². The second-order valence-electron chi connectivity index (χ2n) is 4.88. The molecule has 0 fully saturated rings. The third kappa shape index (κ3) is 5.48. The van der Waals surface area contributed by atoms with E-state index in [1.54, 1.807) is 29.1 Å². The Balaban J connectivity index is 0.00000288. The van der Waals surface area contributed by atoms with Crippen molar-refractivity contribution in [3.05, 3.63) is 57.9 Å². The summed E-state index contributed by atoms with van der Waals surface area (Å²) in [7, 11) is 1.87. The number of benzene rings is 1. The van der Waals surface area contributed by atoms with Gasteiger partial charge in [-0.15, -0.1) is 24.0 Å². The SMILES string of the molecule is CCNC(=NCc1ccccc1[N+](=O)[O-])NCc1ccnn1C.I. The Morgan fingerprint density at radius 3 is 2.71 bits per heavy atom. The van der Waals surface area contributed by atoms with Crippen LogP contribution in [0, 0.1) is 10.1 Å². The van der Waals surface area contributed by atoms with E-state index in [0.717, 1.165) is 5.69 Å². The molecule has 130 valence electrons. The molecule has 2 rings (SSSR count). The van der Waals surface area contributed by atoms with Gasteiger partial charge < -0.3 is 10.6 Å². The molecule has 0 aliphatic carbocycles. The van der Waals surface area contributed by atoms with E-state index in [1.165, 1.54) is 6.07 Å². The maximum absolute atomic E-state index is 11.0. The van der Waals surface area contributed by atoms with Crippen LogP contribution in [0.5, 0.6) is 0 Å². The van der Waals surface area contributed by atoms with Crippen LogP contribution in [-0.4, -0.2) is 27.2 Å². The van der Waals surface area contributed by atoms with Crippen molar-refractivity contribution in [1.82, 2.24) is 20.4 Å². The predicted molar refractivity (Wildman–Crippen MR) is 103 cm³/mol. The first-order valence-corrected chi connectivity index (χ1v) is 7.33. The lowest BCUT2D eigenvalue weighted by molar-refractivity contribution is -0.385. The molecule has 0 unspecified atom stereocenters. The number of halogens is 1. The summed E-state index contributed by atoms with van der Waals surface area (Å²) in [5.41, 5.74) is 1.68. The fraction of sp³-hybridized carbons (Fsp3) is 0.333. The largest absolute Gasteiger partial charge is 0.357 e. The summed E-state index contributed by atoms with van der Waals surface area (Å²) in [5.74, 6) is 0.604. The van der Waals surface area contributed by atoms with E-state index in [1.807, 2.05) is 20.0 Å². The molecule has 2 N–H and O–H groups in total. The van der Waals surface area contributed by atoms with Crippen LogP contribution in [0.4, 0.5) is 5.69 Å². The third-order valence-electron chi connectivity index (χ3n) is 3.30. The van der Waals surface area contributed by atoms with Crippen LogP contribution in [0.3, 0.4) is 0 Å². The van der Waals surface area contributed by atoms with Crippen LogP contribution in [-0.2, 0) is 20.1 Å². The molecule has 9 heteroatoms. The quantitative estimate of drug-likeness (QED) is 0.234. The van der Waals surface area contributed by atoms with E-state index in [-0.39, 0.29) is 41.1 Å². The molecule has 0 amide bonds. The van der Waals surface area contributed by atoms with Crippen molar-refractivity contribution in [2.24, 2.45) is 12.0 Å². The third-order valence-corrected chi connectivity index (χ3v) is 3.30. The lowest BCUT2D eigenvalue weighted by Gasteiger charge is -2.11. The number of guanidine groups is 1. The average molecular weight is 444 g/mol. The van der Waals surface area contributed by atoms with Gasteiger partial charge >= 0.3 is 0 Å². The zero-order valence-corrected chi connectivity index (χ0v) is 15.9. The van der Waals surface area contributed by atoms with Crippen molar-refractivity contribution < 1.29 is 4.92 Å². The monoisotopic (exact) mass is 444 g/mol. The molecule has 0 saturated carbocycles. The first-order valence-electron chi connectivity index (χ1n) is 7.33. The molecule has 1 aromatic carbocycles. The smallest absolute Gasteiger partial charge is 0.274 e. The van der Waals surface area contributed by atoms with E-state index in [2.05, 4.69) is 20.7 Å². The number of hydrogen-bond acceptors (Lipinski definition) is 4. The van der Waals surface area contributed by atoms with Crippen LogP contribution in [0.1, 0.15) is 18.2 Å². The molecule has 0 radical (unpaired) electrons. The van der Waals surface area contributed by atoms with Crippen molar-refractivity contribution in [3.8, 4) is 0 Å². The fourth-order valence-corrected chi connectivity index (χ4v) is 2.08. The second kappa shape index (κ2) is 9.85. The number of rotatable bonds is 6. The maximum atomic E-state index is 11.0. The summed E-state index contributed by atoms with van der Waals surface area (Å²) < 4.78 is 1.78. The summed E-state index contributed by atoms with van der Waals surface area (Å²) in [4.78, 5) is 15.1. The highest BCUT2D eigenvalue weighted by molar-refractivity contribution is 14.0. The lowest BCUT2D eigenvalue weighted by Crippen LogP contribution is -2.37. The Labute approximate surface area is 157 Å². The Kier molecular flexibility index (Phi) is 8.16. The highest BCUT2D eigenvalue weighted by atomic mass is 127. The number of nitro groups is 1. The van der Waals surface area contributed by atoms with Gasteiger partial charge in [0.05, 0.1) is 29.3 Å². The Bertz CT molecular complexity index is 701. The van der Waals surface area contributed by atoms with Gasteiger partial charge in [-0.25, -0.2) is 4.99 Å². The van der Waals surface area contributed by atoms with Crippen molar-refractivity contribution in [3.63, 3.8) is 0 Å². The number of aromatic nitrogens is 2. The molecular weight excluding hydrogens is 423 g/mol. The Morgan fingerprint density at radius 2 is 2.08 bits per heavy atom. The average Bonchev–Trinajstić information content (AvgIpc) is 2.95. The fourth-order valence-electron chi connectivity index (χ4n) is 2.08. The maximum Gasteiger partial charge on any atom is 0.274 e. The normalized spacial score (nSPS) is 10.8. The van der Waals surface area contributed by atoms with Gasteiger partial charge in [0.2, 0.25) is 0 Å². The van der Waals surface area contributed by atoms with Gasteiger partial charge in [0.15, 0.2) is 5.96 Å². The zero-order valence-electron chi connectivity index (χ0n) is 13.6. The molecule has 24 heavy (non-hydrogen) atoms. The van der Waals surface area contributed by atoms with E-state index in [0.29, 0.717) is 24.6 Å². The lowest BCUT2D eigenvalue weighted by atomic mass is 10.2. The molecule has 0 bridgehead atoms. The molecule has 0 atom stereocenters. The summed E-state index contributed by atoms with van der Waals surface area (Å²) >= 11 is 0. The highest BCUT2D eigenvalue weighted by Gasteiger charge is 2.11. The minimum Gasteiger partial charge on any atom is -0.357 e. The molecule has 8 nitrogen and oxygen atoms in total. The van der Waals surface area contributed by atoms with Crippen LogP contribution >= 0.6 is 24.0 Å². The number of nitrogens with zero attached hydrogens (tertiary/aromatic N) is 4. The van der Waals surface area contributed by atoms with Gasteiger partial charge in [0, 0.05) is 25.9 Å². The molecule has 0 aliphatic heterocycles. The number of hydrogen-bond donors (Lipinski definition) is 2. The number of nitro benzene ring substituents is 1. The van der Waals surface area contributed by atoms with E-state index >= 15 is 0 Å². The van der Waals surface area contributed by atoms with Crippen LogP contribution in [0.15, 0.2) is 41.5 Å². The van der Waals surface area contributed by atoms with Crippen LogP contribution < -0.4 is 10.6 Å². The van der Waals surface area contributed by atoms with Gasteiger partial charge in [0.25, 0.3) is 5.69 Å². The van der Waals surface area contributed by atoms with Crippen molar-refractivity contribution >= 4 is 35.6 Å². The van der Waals surface area contributed by atoms with Gasteiger partial charge in [-0.05, 0) is 13.0 Å². The first kappa shape index (κ1) is 19.9. The van der Waals surface area contributed by atoms with Crippen LogP contribution in [0.2, 0.25) is 0 Å². The second-order valence-corrected chi connectivity index (χ2v) is 4.88. The zero-order chi connectivity index (χ0) is 16.7. The van der Waals surface area contributed by atoms with Crippen molar-refractivity contribution in [2.75, 3.05) is 6.54 Å². The van der Waals surface area contributed by atoms with E-state index < -0.39 is 0 Å². The minimum absolute atomic E-state index is 0. The molecule has 2 aromatic rings. The predicted octanol–water partition coefficient (Wildman–Crippen LogP) is 2.20. The van der Waals surface area contributed by atoms with E-state index in [9.17, 15) is 10.1 Å². The van der Waals surface area contributed by atoms with Gasteiger partial charge in [0.1, 0.15) is 0 Å². The van der Waals surface area contributed by atoms with Gasteiger partial charge in [-0.3, -0.25) is 14.8 Å². The summed E-state index contributed by atoms with van der Waals surface area (Å²) in [6.45, 7) is 3.47. The topological polar surface area (TPSA) is 97.4 Å². The number of aliphatic imine (C=N–C) groups is 1. The molecular formula is C15H21IN6O2. The Morgan fingerprint density at radius 1 is 1.33 bits per heavy atom. The molecule has 1 aromatic heterocycles. The van der Waals surface area contributed by atoms with Crippen molar-refractivity contribution in [1.29, 1.82) is 0 Å². The standard InChI is InChI=1S/C15H20N6O2.HI/c1-3-16-15(18-11-13-8-9-19-20(13)2)17-10-12-6-4-5-7-14(12)21(22)23;/h4-9H,3,10-11H2,1-2H3,(H2,16,17,18);1H. The molecule has 0 spiro atoms. The van der Waals surface area contributed by atoms with Gasteiger partial charge in [-0.1, -0.05) is 18.2 Å². The Hall–Kier alpha value is -2.17. The number of nitrogens with one attached hydrogen (secondary N) is 2. The summed E-state index contributed by atoms with van der Waals surface area (Å²) in [6.07, 6.45) is 1.73.